The minimum absolute atomic E-state index is 0.0879. The molecule has 0 radical (unpaired) electrons. The molecule has 0 bridgehead atoms. The topological polar surface area (TPSA) is 133 Å². The molecule has 0 saturated carbocycles. The molecule has 2 N–H and O–H groups in total. The number of carbonyl (C=O) groups is 1. The first-order valence-electron chi connectivity index (χ1n) is 11.9. The largest absolute Gasteiger partial charge is 0.497 e. The average Bonchev–Trinajstić information content (AvgIpc) is 2.91. The summed E-state index contributed by atoms with van der Waals surface area (Å²) in [4.78, 5) is 9.02. The van der Waals surface area contributed by atoms with Gasteiger partial charge in [0.2, 0.25) is 20.0 Å². The first-order valence-corrected chi connectivity index (χ1v) is 15.0. The number of nitrogens with zero attached hydrogens (tertiary/aromatic N) is 2. The standard InChI is InChI=1S/C22H31N3O5S2.C2HF3O2/c1-30-21-9-11-22(12-10-21)32(28,29)25(15-5-8-20-6-3-2-4-7-20)18-19-31(26,27)24-16-13-23-14-17-24;3-2(4,5)1(6)7/h2-4,6-7,9-12,23H,5,8,13-19H2,1H3;(H,6,7). The molecular formula is C24H32F3N3O7S2. The number of halogens is 3. The molecule has 1 aliphatic heterocycles. The summed E-state index contributed by atoms with van der Waals surface area (Å²) in [7, 11) is -5.88. The van der Waals surface area contributed by atoms with E-state index in [1.807, 2.05) is 30.3 Å². The van der Waals surface area contributed by atoms with Gasteiger partial charge in [-0.2, -0.15) is 21.8 Å². The number of methoxy groups -OCH3 is 1. The molecule has 0 atom stereocenters. The lowest BCUT2D eigenvalue weighted by Gasteiger charge is -2.28. The van der Waals surface area contributed by atoms with E-state index in [4.69, 9.17) is 14.6 Å². The second-order valence-electron chi connectivity index (χ2n) is 8.44. The van der Waals surface area contributed by atoms with Crippen LogP contribution in [0.25, 0.3) is 0 Å². The number of piperazine rings is 1. The molecule has 0 aliphatic carbocycles. The van der Waals surface area contributed by atoms with Gasteiger partial charge in [-0.25, -0.2) is 21.6 Å². The van der Waals surface area contributed by atoms with Crippen LogP contribution in [0.4, 0.5) is 13.2 Å². The first kappa shape index (κ1) is 32.5. The van der Waals surface area contributed by atoms with E-state index in [9.17, 15) is 30.0 Å². The summed E-state index contributed by atoms with van der Waals surface area (Å²) in [6.07, 6.45) is -3.78. The minimum Gasteiger partial charge on any atom is -0.497 e. The molecule has 0 aromatic heterocycles. The van der Waals surface area contributed by atoms with Gasteiger partial charge < -0.3 is 15.2 Å². The molecule has 0 amide bonds. The van der Waals surface area contributed by atoms with Gasteiger partial charge in [-0.05, 0) is 42.7 Å². The SMILES string of the molecule is COc1ccc(S(=O)(=O)N(CCCc2ccccc2)CCS(=O)(=O)N2CCNCC2)cc1.O=C(O)C(F)(F)F. The predicted octanol–water partition coefficient (Wildman–Crippen LogP) is 2.19. The fourth-order valence-corrected chi connectivity index (χ4v) is 6.66. The molecule has 2 aromatic carbocycles. The highest BCUT2D eigenvalue weighted by Crippen LogP contribution is 2.21. The Hall–Kier alpha value is -2.72. The molecule has 39 heavy (non-hydrogen) atoms. The van der Waals surface area contributed by atoms with Gasteiger partial charge in [-0.3, -0.25) is 0 Å². The highest BCUT2D eigenvalue weighted by molar-refractivity contribution is 7.90. The second-order valence-corrected chi connectivity index (χ2v) is 12.5. The Kier molecular flexibility index (Phi) is 12.2. The fraction of sp³-hybridized carbons (Fsp3) is 0.458. The van der Waals surface area contributed by atoms with Crippen molar-refractivity contribution in [3.05, 3.63) is 60.2 Å². The van der Waals surface area contributed by atoms with Crippen LogP contribution in [0.1, 0.15) is 12.0 Å². The number of hydrogen-bond acceptors (Lipinski definition) is 7. The zero-order chi connectivity index (χ0) is 29.1. The van der Waals surface area contributed by atoms with Crippen LogP contribution in [0.15, 0.2) is 59.5 Å². The highest BCUT2D eigenvalue weighted by atomic mass is 32.2. The van der Waals surface area contributed by atoms with Gasteiger partial charge >= 0.3 is 12.1 Å². The third kappa shape index (κ3) is 10.4. The van der Waals surface area contributed by atoms with Crippen LogP contribution >= 0.6 is 0 Å². The number of sulfonamides is 2. The molecule has 218 valence electrons. The maximum atomic E-state index is 13.3. The van der Waals surface area contributed by atoms with Crippen molar-refractivity contribution in [1.82, 2.24) is 13.9 Å². The van der Waals surface area contributed by atoms with Gasteiger partial charge in [0, 0.05) is 39.3 Å². The van der Waals surface area contributed by atoms with E-state index < -0.39 is 32.2 Å². The second kappa shape index (κ2) is 14.6. The maximum absolute atomic E-state index is 13.3. The third-order valence-corrected chi connectivity index (χ3v) is 9.49. The van der Waals surface area contributed by atoms with Crippen molar-refractivity contribution in [2.24, 2.45) is 0 Å². The Bertz CT molecular complexity index is 1250. The fourth-order valence-electron chi connectivity index (χ4n) is 3.62. The average molecular weight is 596 g/mol. The lowest BCUT2D eigenvalue weighted by atomic mass is 10.1. The monoisotopic (exact) mass is 595 g/mol. The Labute approximate surface area is 226 Å². The van der Waals surface area contributed by atoms with E-state index in [1.54, 1.807) is 12.1 Å². The van der Waals surface area contributed by atoms with Gasteiger partial charge in [0.1, 0.15) is 5.75 Å². The molecule has 15 heteroatoms. The summed E-state index contributed by atoms with van der Waals surface area (Å²) < 4.78 is 91.8. The van der Waals surface area contributed by atoms with Gasteiger partial charge in [0.15, 0.2) is 0 Å². The van der Waals surface area contributed by atoms with E-state index in [-0.39, 0.29) is 23.7 Å². The van der Waals surface area contributed by atoms with Crippen LogP contribution < -0.4 is 10.1 Å². The number of carboxylic acids is 1. The number of benzene rings is 2. The number of carboxylic acid groups (broad SMARTS) is 1. The van der Waals surface area contributed by atoms with Crippen LogP contribution in [0, 0.1) is 0 Å². The third-order valence-electron chi connectivity index (χ3n) is 5.72. The van der Waals surface area contributed by atoms with Crippen molar-refractivity contribution in [3.63, 3.8) is 0 Å². The Morgan fingerprint density at radius 1 is 1.00 bits per heavy atom. The molecule has 1 heterocycles. The van der Waals surface area contributed by atoms with E-state index in [2.05, 4.69) is 5.32 Å². The van der Waals surface area contributed by atoms with Gasteiger partial charge in [0.25, 0.3) is 0 Å². The van der Waals surface area contributed by atoms with E-state index in [0.717, 1.165) is 5.56 Å². The number of hydrogen-bond donors (Lipinski definition) is 2. The molecule has 2 aromatic rings. The summed E-state index contributed by atoms with van der Waals surface area (Å²) in [5.74, 6) is -2.44. The summed E-state index contributed by atoms with van der Waals surface area (Å²) in [5.41, 5.74) is 1.11. The summed E-state index contributed by atoms with van der Waals surface area (Å²) in [5, 5.41) is 10.3. The highest BCUT2D eigenvalue weighted by Gasteiger charge is 2.38. The number of nitrogens with one attached hydrogen (secondary N) is 1. The van der Waals surface area contributed by atoms with Crippen molar-refractivity contribution in [2.45, 2.75) is 23.9 Å². The molecule has 3 rings (SSSR count). The van der Waals surface area contributed by atoms with Crippen LogP contribution in [0.5, 0.6) is 5.75 Å². The Morgan fingerprint density at radius 3 is 2.08 bits per heavy atom. The Balaban J connectivity index is 0.000000673. The molecular weight excluding hydrogens is 563 g/mol. The van der Waals surface area contributed by atoms with Crippen molar-refractivity contribution in [1.29, 1.82) is 0 Å². The normalized spacial score (nSPS) is 14.9. The molecule has 1 fully saturated rings. The van der Waals surface area contributed by atoms with Crippen LogP contribution in [0.2, 0.25) is 0 Å². The maximum Gasteiger partial charge on any atom is 0.490 e. The first-order chi connectivity index (χ1) is 18.3. The van der Waals surface area contributed by atoms with Crippen molar-refractivity contribution < 1.29 is 44.6 Å². The number of aryl methyl sites for hydroxylation is 1. The lowest BCUT2D eigenvalue weighted by molar-refractivity contribution is -0.192. The molecule has 1 saturated heterocycles. The van der Waals surface area contributed by atoms with Crippen molar-refractivity contribution in [3.8, 4) is 5.75 Å². The predicted molar refractivity (Wildman–Crippen MR) is 138 cm³/mol. The smallest absolute Gasteiger partial charge is 0.490 e. The zero-order valence-electron chi connectivity index (χ0n) is 21.3. The molecule has 1 aliphatic rings. The number of alkyl halides is 3. The van der Waals surface area contributed by atoms with Crippen LogP contribution in [-0.4, -0.2) is 94.8 Å². The zero-order valence-corrected chi connectivity index (χ0v) is 22.9. The Morgan fingerprint density at radius 2 is 1.56 bits per heavy atom. The summed E-state index contributed by atoms with van der Waals surface area (Å²) in [6.45, 7) is 2.16. The lowest BCUT2D eigenvalue weighted by Crippen LogP contribution is -2.48. The quantitative estimate of drug-likeness (QED) is 0.404. The molecule has 10 nitrogen and oxygen atoms in total. The van der Waals surface area contributed by atoms with Crippen LogP contribution in [0.3, 0.4) is 0 Å². The summed E-state index contributed by atoms with van der Waals surface area (Å²) >= 11 is 0. The molecule has 0 spiro atoms. The van der Waals surface area contributed by atoms with E-state index in [1.165, 1.54) is 27.9 Å². The molecule has 0 unspecified atom stereocenters. The van der Waals surface area contributed by atoms with E-state index in [0.29, 0.717) is 44.8 Å². The van der Waals surface area contributed by atoms with Gasteiger partial charge in [0.05, 0.1) is 17.8 Å². The van der Waals surface area contributed by atoms with Crippen molar-refractivity contribution in [2.75, 3.05) is 52.1 Å². The van der Waals surface area contributed by atoms with Gasteiger partial charge in [-0.1, -0.05) is 30.3 Å². The van der Waals surface area contributed by atoms with Crippen molar-refractivity contribution >= 4 is 26.0 Å². The summed E-state index contributed by atoms with van der Waals surface area (Å²) in [6, 6.07) is 16.0. The number of aliphatic carboxylic acids is 1. The number of rotatable bonds is 11. The number of ether oxygens (including phenoxy) is 1. The van der Waals surface area contributed by atoms with E-state index >= 15 is 0 Å². The van der Waals surface area contributed by atoms with Crippen LogP contribution in [-0.2, 0) is 31.3 Å². The minimum atomic E-state index is -5.08. The van der Waals surface area contributed by atoms with Gasteiger partial charge in [-0.15, -0.1) is 0 Å².